The van der Waals surface area contributed by atoms with E-state index in [-0.39, 0.29) is 48.4 Å². The summed E-state index contributed by atoms with van der Waals surface area (Å²) in [5, 5.41) is 13.0. The second-order valence-electron chi connectivity index (χ2n) is 11.3. The molecule has 5 aromatic rings. The van der Waals surface area contributed by atoms with Gasteiger partial charge in [-0.2, -0.15) is 0 Å². The van der Waals surface area contributed by atoms with Crippen LogP contribution in [0.4, 0.5) is 14.5 Å². The molecule has 0 radical (unpaired) electrons. The SMILES string of the molecule is Cn1cc(C(=O)Nc2ccc(Oc3ccnc4cc(OCC(C)(C)O)c5c(c34)OCCO5)c(F)c2)c(=O)n(-c2ccc(F)cc2)c1=O. The van der Waals surface area contributed by atoms with E-state index in [4.69, 9.17) is 18.9 Å². The van der Waals surface area contributed by atoms with Crippen molar-refractivity contribution < 1.29 is 37.6 Å². The number of nitrogens with zero attached hydrogens (tertiary/aromatic N) is 3. The molecule has 6 rings (SSSR count). The van der Waals surface area contributed by atoms with Gasteiger partial charge in [0.1, 0.15) is 37.0 Å². The van der Waals surface area contributed by atoms with Gasteiger partial charge in [-0.3, -0.25) is 14.6 Å². The maximum absolute atomic E-state index is 15.4. The highest BCUT2D eigenvalue weighted by atomic mass is 19.1. The van der Waals surface area contributed by atoms with Gasteiger partial charge in [0.15, 0.2) is 23.1 Å². The maximum atomic E-state index is 15.4. The molecule has 242 valence electrons. The van der Waals surface area contributed by atoms with Crippen LogP contribution in [0.5, 0.6) is 28.7 Å². The number of carbonyl (C=O) groups is 1. The molecule has 3 heterocycles. The smallest absolute Gasteiger partial charge is 0.335 e. The number of nitrogens with one attached hydrogen (secondary N) is 1. The molecule has 2 N–H and O–H groups in total. The van der Waals surface area contributed by atoms with Crippen molar-refractivity contribution in [2.45, 2.75) is 19.4 Å². The van der Waals surface area contributed by atoms with Crippen LogP contribution >= 0.6 is 0 Å². The fourth-order valence-corrected chi connectivity index (χ4v) is 4.84. The Hall–Kier alpha value is -5.76. The van der Waals surface area contributed by atoms with E-state index >= 15 is 4.39 Å². The number of rotatable bonds is 8. The third kappa shape index (κ3) is 6.35. The van der Waals surface area contributed by atoms with Gasteiger partial charge >= 0.3 is 5.69 Å². The van der Waals surface area contributed by atoms with E-state index in [1.54, 1.807) is 19.9 Å². The molecule has 1 amide bonds. The summed E-state index contributed by atoms with van der Waals surface area (Å²) >= 11 is 0. The zero-order valence-corrected chi connectivity index (χ0v) is 25.4. The normalized spacial score (nSPS) is 12.6. The molecule has 14 heteroatoms. The van der Waals surface area contributed by atoms with E-state index in [0.29, 0.717) is 22.4 Å². The first-order chi connectivity index (χ1) is 22.4. The minimum absolute atomic E-state index is 0.00346. The minimum Gasteiger partial charge on any atom is -0.486 e. The lowest BCUT2D eigenvalue weighted by Gasteiger charge is -2.25. The van der Waals surface area contributed by atoms with Crippen molar-refractivity contribution in [3.63, 3.8) is 0 Å². The Morgan fingerprint density at radius 1 is 1.00 bits per heavy atom. The number of hydrogen-bond acceptors (Lipinski definition) is 9. The van der Waals surface area contributed by atoms with Gasteiger partial charge in [0, 0.05) is 37.3 Å². The molecule has 0 aliphatic carbocycles. The molecule has 1 aliphatic rings. The largest absolute Gasteiger partial charge is 0.486 e. The topological polar surface area (TPSA) is 143 Å². The molecule has 1 aliphatic heterocycles. The summed E-state index contributed by atoms with van der Waals surface area (Å²) in [6, 6.07) is 11.4. The number of aryl methyl sites for hydroxylation is 1. The average Bonchev–Trinajstić information content (AvgIpc) is 3.03. The highest BCUT2D eigenvalue weighted by molar-refractivity contribution is 6.04. The van der Waals surface area contributed by atoms with Crippen LogP contribution in [0.25, 0.3) is 16.6 Å². The zero-order valence-electron chi connectivity index (χ0n) is 25.4. The number of benzene rings is 3. The first-order valence-electron chi connectivity index (χ1n) is 14.3. The van der Waals surface area contributed by atoms with Gasteiger partial charge < -0.3 is 33.9 Å². The van der Waals surface area contributed by atoms with Crippen LogP contribution in [0.15, 0.2) is 76.6 Å². The Morgan fingerprint density at radius 2 is 1.72 bits per heavy atom. The van der Waals surface area contributed by atoms with Crippen molar-refractivity contribution in [1.82, 2.24) is 14.1 Å². The van der Waals surface area contributed by atoms with Crippen molar-refractivity contribution >= 4 is 22.5 Å². The van der Waals surface area contributed by atoms with E-state index in [1.807, 2.05) is 0 Å². The summed E-state index contributed by atoms with van der Waals surface area (Å²) in [6.07, 6.45) is 2.53. The van der Waals surface area contributed by atoms with E-state index in [9.17, 15) is 23.9 Å². The van der Waals surface area contributed by atoms with Gasteiger partial charge in [-0.05, 0) is 56.3 Å². The highest BCUT2D eigenvalue weighted by Crippen LogP contribution is 2.48. The number of halogens is 2. The number of pyridine rings is 1. The zero-order chi connectivity index (χ0) is 33.5. The van der Waals surface area contributed by atoms with Crippen LogP contribution in [0.3, 0.4) is 0 Å². The average molecular weight is 647 g/mol. The molecule has 0 spiro atoms. The van der Waals surface area contributed by atoms with Gasteiger partial charge in [-0.25, -0.2) is 18.1 Å². The van der Waals surface area contributed by atoms with Crippen molar-refractivity contribution in [2.75, 3.05) is 25.1 Å². The summed E-state index contributed by atoms with van der Waals surface area (Å²) < 4.78 is 54.0. The van der Waals surface area contributed by atoms with Crippen molar-refractivity contribution in [3.8, 4) is 34.4 Å². The molecule has 3 aromatic carbocycles. The fourth-order valence-electron chi connectivity index (χ4n) is 4.84. The lowest BCUT2D eigenvalue weighted by molar-refractivity contribution is 0.0265. The predicted molar refractivity (Wildman–Crippen MR) is 166 cm³/mol. The van der Waals surface area contributed by atoms with Gasteiger partial charge in [0.05, 0.1) is 22.2 Å². The summed E-state index contributed by atoms with van der Waals surface area (Å²) in [6.45, 7) is 3.67. The number of ether oxygens (including phenoxy) is 4. The third-order valence-electron chi connectivity index (χ3n) is 7.01. The molecular formula is C33H28F2N4O8. The van der Waals surface area contributed by atoms with Gasteiger partial charge in [0.2, 0.25) is 5.75 Å². The molecule has 0 saturated carbocycles. The Kier molecular flexibility index (Phi) is 8.11. The second-order valence-corrected chi connectivity index (χ2v) is 11.3. The standard InChI is InChI=1S/C33H28F2N4O8/c1-33(2,43)17-46-26-15-23-27(29-28(26)44-12-13-45-29)25(10-11-36-23)47-24-9-6-19(14-22(24)35)37-30(40)21-16-38(3)32(42)39(31(21)41)20-7-4-18(34)5-8-20/h4-11,14-16,43H,12-13,17H2,1-3H3,(H,37,40). The number of fused-ring (bicyclic) bond motifs is 3. The van der Waals surface area contributed by atoms with Crippen molar-refractivity contribution in [2.24, 2.45) is 7.05 Å². The van der Waals surface area contributed by atoms with Crippen LogP contribution < -0.4 is 35.5 Å². The van der Waals surface area contributed by atoms with Crippen LogP contribution in [0.1, 0.15) is 24.2 Å². The van der Waals surface area contributed by atoms with Crippen LogP contribution in [-0.4, -0.2) is 50.6 Å². The summed E-state index contributed by atoms with van der Waals surface area (Å²) in [5.74, 6) is -1.40. The lowest BCUT2D eigenvalue weighted by atomic mass is 10.1. The van der Waals surface area contributed by atoms with E-state index in [0.717, 1.165) is 33.5 Å². The molecule has 0 fully saturated rings. The highest BCUT2D eigenvalue weighted by Gasteiger charge is 2.26. The molecule has 0 unspecified atom stereocenters. The quantitative estimate of drug-likeness (QED) is 0.252. The predicted octanol–water partition coefficient (Wildman–Crippen LogP) is 4.33. The summed E-state index contributed by atoms with van der Waals surface area (Å²) in [7, 11) is 1.35. The third-order valence-corrected chi connectivity index (χ3v) is 7.01. The lowest BCUT2D eigenvalue weighted by Crippen LogP contribution is -2.41. The fraction of sp³-hybridized carbons (Fsp3) is 0.212. The molecular weight excluding hydrogens is 618 g/mol. The second kappa shape index (κ2) is 12.2. The number of hydrogen-bond donors (Lipinski definition) is 2. The van der Waals surface area contributed by atoms with Gasteiger partial charge in [-0.15, -0.1) is 0 Å². The molecule has 12 nitrogen and oxygen atoms in total. The van der Waals surface area contributed by atoms with Crippen LogP contribution in [0.2, 0.25) is 0 Å². The van der Waals surface area contributed by atoms with Gasteiger partial charge in [-0.1, -0.05) is 0 Å². The first kappa shape index (κ1) is 31.2. The Labute approximate surface area is 265 Å². The number of aliphatic hydroxyl groups is 1. The van der Waals surface area contributed by atoms with E-state index < -0.39 is 40.0 Å². The Balaban J connectivity index is 1.28. The first-order valence-corrected chi connectivity index (χ1v) is 14.3. The monoisotopic (exact) mass is 646 g/mol. The van der Waals surface area contributed by atoms with Crippen molar-refractivity contribution in [3.05, 3.63) is 105 Å². The maximum Gasteiger partial charge on any atom is 0.335 e. The minimum atomic E-state index is -1.11. The Bertz CT molecular complexity index is 2140. The van der Waals surface area contributed by atoms with Crippen LogP contribution in [-0.2, 0) is 7.05 Å². The number of carbonyl (C=O) groups excluding carboxylic acids is 1. The number of aromatic nitrogens is 3. The summed E-state index contributed by atoms with van der Waals surface area (Å²) in [5.41, 5.74) is -2.72. The van der Waals surface area contributed by atoms with Crippen molar-refractivity contribution in [1.29, 1.82) is 0 Å². The molecule has 0 saturated heterocycles. The molecule has 0 bridgehead atoms. The summed E-state index contributed by atoms with van der Waals surface area (Å²) in [4.78, 5) is 43.3. The van der Waals surface area contributed by atoms with E-state index in [1.165, 1.54) is 43.6 Å². The number of anilines is 1. The molecule has 47 heavy (non-hydrogen) atoms. The van der Waals surface area contributed by atoms with Gasteiger partial charge in [0.25, 0.3) is 11.5 Å². The van der Waals surface area contributed by atoms with Crippen LogP contribution in [0, 0.1) is 11.6 Å². The molecule has 2 aromatic heterocycles. The Morgan fingerprint density at radius 3 is 2.43 bits per heavy atom. The number of amides is 1. The van der Waals surface area contributed by atoms with E-state index in [2.05, 4.69) is 10.3 Å². The molecule has 0 atom stereocenters.